The van der Waals surface area contributed by atoms with Gasteiger partial charge in [-0.1, -0.05) is 0 Å². The van der Waals surface area contributed by atoms with Gasteiger partial charge in [-0.3, -0.25) is 19.6 Å². The van der Waals surface area contributed by atoms with Crippen LogP contribution >= 0.6 is 0 Å². The first-order chi connectivity index (χ1) is 11.7. The van der Waals surface area contributed by atoms with Crippen LogP contribution in [0.3, 0.4) is 0 Å². The fourth-order valence-electron chi connectivity index (χ4n) is 3.20. The topological polar surface area (TPSA) is 117 Å². The number of nitrogens with zero attached hydrogens (tertiary/aromatic N) is 4. The van der Waals surface area contributed by atoms with E-state index in [1.807, 2.05) is 0 Å². The van der Waals surface area contributed by atoms with Gasteiger partial charge in [-0.15, -0.1) is 0 Å². The van der Waals surface area contributed by atoms with Crippen molar-refractivity contribution in [3.8, 4) is 0 Å². The molecule has 144 valence electrons. The zero-order valence-corrected chi connectivity index (χ0v) is 15.4. The van der Waals surface area contributed by atoms with Crippen molar-refractivity contribution in [1.82, 2.24) is 19.6 Å². The second-order valence-electron chi connectivity index (χ2n) is 6.52. The Morgan fingerprint density at radius 1 is 0.375 bits per heavy atom. The number of hydrogen-bond donors (Lipinski definition) is 4. The van der Waals surface area contributed by atoms with Gasteiger partial charge in [-0.05, 0) is 0 Å². The van der Waals surface area contributed by atoms with Gasteiger partial charge in [0.2, 0.25) is 0 Å². The summed E-state index contributed by atoms with van der Waals surface area (Å²) in [6, 6.07) is 0. The standard InChI is InChI=1S/C16H40N8/c17-1-5-21-9-11-22(6-2-18)13-15-24(8-4-20)16-14-23(7-3-19)12-10-21/h1-20H2. The Balaban J connectivity index is 2.68. The van der Waals surface area contributed by atoms with Crippen LogP contribution in [0, 0.1) is 0 Å². The molecular weight excluding hydrogens is 304 g/mol. The van der Waals surface area contributed by atoms with Gasteiger partial charge in [0, 0.05) is 105 Å². The van der Waals surface area contributed by atoms with Gasteiger partial charge in [0.05, 0.1) is 0 Å². The van der Waals surface area contributed by atoms with Crippen LogP contribution in [0.1, 0.15) is 0 Å². The Morgan fingerprint density at radius 3 is 0.667 bits per heavy atom. The molecule has 0 aromatic heterocycles. The lowest BCUT2D eigenvalue weighted by Gasteiger charge is -2.34. The molecule has 1 fully saturated rings. The van der Waals surface area contributed by atoms with E-state index in [2.05, 4.69) is 19.6 Å². The third-order valence-electron chi connectivity index (χ3n) is 4.71. The second kappa shape index (κ2) is 13.9. The van der Waals surface area contributed by atoms with Gasteiger partial charge in [-0.2, -0.15) is 0 Å². The summed E-state index contributed by atoms with van der Waals surface area (Å²) in [6.45, 7) is 15.0. The predicted octanol–water partition coefficient (Wildman–Crippen LogP) is -2.96. The maximum Gasteiger partial charge on any atom is 0.0110 e. The summed E-state index contributed by atoms with van der Waals surface area (Å²) >= 11 is 0. The fourth-order valence-corrected chi connectivity index (χ4v) is 3.20. The van der Waals surface area contributed by atoms with Crippen LogP contribution < -0.4 is 22.9 Å². The van der Waals surface area contributed by atoms with Crippen LogP contribution in [0.15, 0.2) is 0 Å². The minimum absolute atomic E-state index is 0.706. The highest BCUT2D eigenvalue weighted by atomic mass is 15.3. The highest BCUT2D eigenvalue weighted by Gasteiger charge is 2.15. The van der Waals surface area contributed by atoms with Crippen molar-refractivity contribution in [3.05, 3.63) is 0 Å². The van der Waals surface area contributed by atoms with Gasteiger partial charge in [0.1, 0.15) is 0 Å². The zero-order chi connectivity index (χ0) is 17.6. The molecule has 0 spiro atoms. The molecule has 1 aliphatic rings. The Kier molecular flexibility index (Phi) is 12.6. The Labute approximate surface area is 148 Å². The summed E-state index contributed by atoms with van der Waals surface area (Å²) in [5.74, 6) is 0. The first-order valence-corrected chi connectivity index (χ1v) is 9.43. The normalized spacial score (nSPS) is 21.5. The maximum absolute atomic E-state index is 5.79. The van der Waals surface area contributed by atoms with Crippen LogP contribution in [-0.2, 0) is 0 Å². The molecule has 0 atom stereocenters. The molecule has 0 aromatic rings. The fraction of sp³-hybridized carbons (Fsp3) is 1.00. The lowest BCUT2D eigenvalue weighted by molar-refractivity contribution is 0.138. The molecule has 8 N–H and O–H groups in total. The lowest BCUT2D eigenvalue weighted by atomic mass is 10.3. The Bertz CT molecular complexity index is 219. The summed E-state index contributed by atoms with van der Waals surface area (Å²) < 4.78 is 0. The molecule has 24 heavy (non-hydrogen) atoms. The van der Waals surface area contributed by atoms with Crippen molar-refractivity contribution >= 4 is 0 Å². The van der Waals surface area contributed by atoms with Crippen LogP contribution in [0.25, 0.3) is 0 Å². The number of rotatable bonds is 8. The van der Waals surface area contributed by atoms with E-state index in [1.165, 1.54) is 0 Å². The molecule has 0 bridgehead atoms. The van der Waals surface area contributed by atoms with E-state index in [0.717, 1.165) is 78.5 Å². The van der Waals surface area contributed by atoms with Crippen molar-refractivity contribution in [2.75, 3.05) is 105 Å². The summed E-state index contributed by atoms with van der Waals surface area (Å²) in [5, 5.41) is 0. The average Bonchev–Trinajstić information content (AvgIpc) is 2.57. The maximum atomic E-state index is 5.79. The molecule has 0 radical (unpaired) electrons. The van der Waals surface area contributed by atoms with Crippen LogP contribution in [0.2, 0.25) is 0 Å². The number of hydrogen-bond acceptors (Lipinski definition) is 8. The van der Waals surface area contributed by atoms with Crippen molar-refractivity contribution in [2.45, 2.75) is 0 Å². The molecule has 0 saturated carbocycles. The van der Waals surface area contributed by atoms with Crippen LogP contribution in [-0.4, -0.2) is 124 Å². The molecule has 0 amide bonds. The minimum Gasteiger partial charge on any atom is -0.329 e. The van der Waals surface area contributed by atoms with Gasteiger partial charge in [-0.25, -0.2) is 0 Å². The first kappa shape index (κ1) is 21.7. The highest BCUT2D eigenvalue weighted by molar-refractivity contribution is 4.72. The van der Waals surface area contributed by atoms with Crippen LogP contribution in [0.5, 0.6) is 0 Å². The molecule has 0 aliphatic carbocycles. The van der Waals surface area contributed by atoms with Gasteiger partial charge < -0.3 is 22.9 Å². The lowest BCUT2D eigenvalue weighted by Crippen LogP contribution is -2.48. The van der Waals surface area contributed by atoms with E-state index < -0.39 is 0 Å². The van der Waals surface area contributed by atoms with E-state index in [0.29, 0.717) is 26.2 Å². The first-order valence-electron chi connectivity index (χ1n) is 9.43. The van der Waals surface area contributed by atoms with Gasteiger partial charge >= 0.3 is 0 Å². The van der Waals surface area contributed by atoms with Crippen molar-refractivity contribution in [3.63, 3.8) is 0 Å². The third-order valence-corrected chi connectivity index (χ3v) is 4.71. The molecule has 1 rings (SSSR count). The summed E-state index contributed by atoms with van der Waals surface area (Å²) in [6.07, 6.45) is 0. The van der Waals surface area contributed by atoms with E-state index >= 15 is 0 Å². The monoisotopic (exact) mass is 344 g/mol. The molecule has 1 heterocycles. The van der Waals surface area contributed by atoms with Crippen molar-refractivity contribution < 1.29 is 0 Å². The largest absolute Gasteiger partial charge is 0.329 e. The van der Waals surface area contributed by atoms with E-state index in [-0.39, 0.29) is 0 Å². The molecule has 8 nitrogen and oxygen atoms in total. The van der Waals surface area contributed by atoms with Crippen molar-refractivity contribution in [1.29, 1.82) is 0 Å². The number of nitrogens with two attached hydrogens (primary N) is 4. The van der Waals surface area contributed by atoms with E-state index in [9.17, 15) is 0 Å². The Morgan fingerprint density at radius 2 is 0.542 bits per heavy atom. The molecule has 1 saturated heterocycles. The molecule has 0 aromatic carbocycles. The quantitative estimate of drug-likeness (QED) is 0.369. The van der Waals surface area contributed by atoms with Gasteiger partial charge in [0.25, 0.3) is 0 Å². The second-order valence-corrected chi connectivity index (χ2v) is 6.52. The SMILES string of the molecule is NCCN1CCN(CCN)CCN(CCN)CCN(CCN)CC1. The predicted molar refractivity (Wildman–Crippen MR) is 102 cm³/mol. The van der Waals surface area contributed by atoms with E-state index in [1.54, 1.807) is 0 Å². The van der Waals surface area contributed by atoms with E-state index in [4.69, 9.17) is 22.9 Å². The third kappa shape index (κ3) is 9.24. The summed E-state index contributed by atoms with van der Waals surface area (Å²) in [4.78, 5) is 9.86. The summed E-state index contributed by atoms with van der Waals surface area (Å²) in [7, 11) is 0. The zero-order valence-electron chi connectivity index (χ0n) is 15.4. The molecule has 8 heteroatoms. The molecule has 0 unspecified atom stereocenters. The molecule has 1 aliphatic heterocycles. The van der Waals surface area contributed by atoms with Crippen molar-refractivity contribution in [2.24, 2.45) is 22.9 Å². The van der Waals surface area contributed by atoms with Gasteiger partial charge in [0.15, 0.2) is 0 Å². The highest BCUT2D eigenvalue weighted by Crippen LogP contribution is 2.00. The minimum atomic E-state index is 0.706. The molecular formula is C16H40N8. The smallest absolute Gasteiger partial charge is 0.0110 e. The average molecular weight is 345 g/mol. The Hall–Kier alpha value is -0.320. The van der Waals surface area contributed by atoms with Crippen LogP contribution in [0.4, 0.5) is 0 Å². The summed E-state index contributed by atoms with van der Waals surface area (Å²) in [5.41, 5.74) is 23.1.